The Morgan fingerprint density at radius 3 is 2.57 bits per heavy atom. The van der Waals surface area contributed by atoms with E-state index in [0.717, 1.165) is 31.2 Å². The van der Waals surface area contributed by atoms with Crippen LogP contribution in [0.25, 0.3) is 11.0 Å². The van der Waals surface area contributed by atoms with Gasteiger partial charge >= 0.3 is 0 Å². The van der Waals surface area contributed by atoms with Gasteiger partial charge in [-0.1, -0.05) is 6.07 Å². The van der Waals surface area contributed by atoms with Gasteiger partial charge in [0.15, 0.2) is 9.84 Å². The van der Waals surface area contributed by atoms with Crippen molar-refractivity contribution in [3.05, 3.63) is 18.2 Å². The van der Waals surface area contributed by atoms with Gasteiger partial charge in [-0.3, -0.25) is 0 Å². The summed E-state index contributed by atoms with van der Waals surface area (Å²) in [4.78, 5) is 4.48. The first kappa shape index (κ1) is 14.3. The number of anilines is 1. The monoisotopic (exact) mass is 309 g/mol. The number of hydrogen-bond acceptors (Lipinski definition) is 5. The smallest absolute Gasteiger partial charge is 0.201 e. The van der Waals surface area contributed by atoms with Crippen LogP contribution < -0.4 is 5.73 Å². The molecule has 21 heavy (non-hydrogen) atoms. The molecule has 114 valence electrons. The molecule has 0 saturated heterocycles. The van der Waals surface area contributed by atoms with Crippen LogP contribution in [0.2, 0.25) is 0 Å². The molecule has 2 aromatic rings. The molecule has 1 fully saturated rings. The lowest BCUT2D eigenvalue weighted by atomic mass is 9.93. The zero-order valence-corrected chi connectivity index (χ0v) is 12.7. The summed E-state index contributed by atoms with van der Waals surface area (Å²) in [5.74, 6) is 0.336. The van der Waals surface area contributed by atoms with Crippen LogP contribution in [0, 0.1) is 0 Å². The molecule has 1 aliphatic carbocycles. The summed E-state index contributed by atoms with van der Waals surface area (Å²) in [5.41, 5.74) is 7.21. The van der Waals surface area contributed by atoms with Crippen molar-refractivity contribution >= 4 is 26.8 Å². The molecule has 3 N–H and O–H groups in total. The van der Waals surface area contributed by atoms with E-state index in [2.05, 4.69) is 4.98 Å². The SMILES string of the molecule is CS(=O)(=O)c1cccc2c1nc(N)n2C1CCC(O)CC1. The fraction of sp³-hybridized carbons (Fsp3) is 0.500. The number of imidazole rings is 1. The first-order valence-corrected chi connectivity index (χ1v) is 8.91. The molecule has 0 amide bonds. The van der Waals surface area contributed by atoms with Gasteiger partial charge in [0.2, 0.25) is 5.95 Å². The van der Waals surface area contributed by atoms with Gasteiger partial charge in [-0.05, 0) is 37.8 Å². The van der Waals surface area contributed by atoms with Gasteiger partial charge in [-0.2, -0.15) is 0 Å². The number of benzene rings is 1. The van der Waals surface area contributed by atoms with Gasteiger partial charge in [0, 0.05) is 12.3 Å². The lowest BCUT2D eigenvalue weighted by molar-refractivity contribution is 0.112. The summed E-state index contributed by atoms with van der Waals surface area (Å²) in [6, 6.07) is 5.28. The molecule has 6 nitrogen and oxygen atoms in total. The fourth-order valence-electron chi connectivity index (χ4n) is 3.11. The highest BCUT2D eigenvalue weighted by molar-refractivity contribution is 7.91. The van der Waals surface area contributed by atoms with Crippen molar-refractivity contribution in [1.29, 1.82) is 0 Å². The van der Waals surface area contributed by atoms with E-state index in [0.29, 0.717) is 11.5 Å². The van der Waals surface area contributed by atoms with Crippen LogP contribution in [0.3, 0.4) is 0 Å². The average molecular weight is 309 g/mol. The van der Waals surface area contributed by atoms with Crippen molar-refractivity contribution in [2.24, 2.45) is 0 Å². The third-order valence-electron chi connectivity index (χ3n) is 4.14. The van der Waals surface area contributed by atoms with E-state index in [-0.39, 0.29) is 17.0 Å². The Balaban J connectivity index is 2.14. The minimum absolute atomic E-state index is 0.160. The van der Waals surface area contributed by atoms with Crippen molar-refractivity contribution in [2.45, 2.75) is 42.7 Å². The second kappa shape index (κ2) is 4.99. The highest BCUT2D eigenvalue weighted by Gasteiger charge is 2.25. The molecule has 3 rings (SSSR count). The molecule has 1 saturated carbocycles. The molecule has 0 bridgehead atoms. The number of nitrogens with zero attached hydrogens (tertiary/aromatic N) is 2. The van der Waals surface area contributed by atoms with E-state index in [4.69, 9.17) is 5.73 Å². The van der Waals surface area contributed by atoms with Crippen molar-refractivity contribution in [1.82, 2.24) is 9.55 Å². The zero-order chi connectivity index (χ0) is 15.2. The van der Waals surface area contributed by atoms with Crippen LogP contribution >= 0.6 is 0 Å². The number of sulfone groups is 1. The van der Waals surface area contributed by atoms with Crippen molar-refractivity contribution in [3.8, 4) is 0 Å². The summed E-state index contributed by atoms with van der Waals surface area (Å²) < 4.78 is 25.6. The summed E-state index contributed by atoms with van der Waals surface area (Å²) in [7, 11) is -3.34. The second-order valence-electron chi connectivity index (χ2n) is 5.70. The van der Waals surface area contributed by atoms with Crippen molar-refractivity contribution in [2.75, 3.05) is 12.0 Å². The maximum atomic E-state index is 11.9. The number of aromatic nitrogens is 2. The van der Waals surface area contributed by atoms with Gasteiger partial charge in [0.25, 0.3) is 0 Å². The van der Waals surface area contributed by atoms with Gasteiger partial charge in [0.05, 0.1) is 16.5 Å². The Morgan fingerprint density at radius 2 is 1.95 bits per heavy atom. The number of fused-ring (bicyclic) bond motifs is 1. The molecule has 0 unspecified atom stereocenters. The standard InChI is InChI=1S/C14H19N3O3S/c1-21(19,20)12-4-2-3-11-13(12)16-14(15)17(11)9-5-7-10(18)8-6-9/h2-4,9-10,18H,5-8H2,1H3,(H2,15,16). The normalized spacial score (nSPS) is 23.5. The third-order valence-corrected chi connectivity index (χ3v) is 5.27. The Hall–Kier alpha value is -1.60. The number of nitrogens with two attached hydrogens (primary N) is 1. The Bertz CT molecular complexity index is 774. The topological polar surface area (TPSA) is 98.2 Å². The van der Waals surface area contributed by atoms with E-state index < -0.39 is 9.84 Å². The predicted octanol–water partition coefficient (Wildman–Crippen LogP) is 1.50. The van der Waals surface area contributed by atoms with E-state index in [1.807, 2.05) is 10.6 Å². The Labute approximate surface area is 123 Å². The number of nitrogen functional groups attached to an aromatic ring is 1. The summed E-state index contributed by atoms with van der Waals surface area (Å²) in [5, 5.41) is 9.62. The molecular formula is C14H19N3O3S. The molecule has 0 atom stereocenters. The number of hydrogen-bond donors (Lipinski definition) is 2. The Morgan fingerprint density at radius 1 is 1.29 bits per heavy atom. The average Bonchev–Trinajstić information content (AvgIpc) is 2.74. The molecule has 0 aliphatic heterocycles. The molecule has 1 aromatic heterocycles. The predicted molar refractivity (Wildman–Crippen MR) is 80.8 cm³/mol. The number of aliphatic hydroxyl groups is 1. The van der Waals surface area contributed by atoms with Crippen LogP contribution in [0.5, 0.6) is 0 Å². The maximum absolute atomic E-state index is 11.9. The highest BCUT2D eigenvalue weighted by Crippen LogP contribution is 2.35. The lowest BCUT2D eigenvalue weighted by Crippen LogP contribution is -2.22. The maximum Gasteiger partial charge on any atom is 0.201 e. The van der Waals surface area contributed by atoms with E-state index >= 15 is 0 Å². The van der Waals surface area contributed by atoms with Gasteiger partial charge < -0.3 is 15.4 Å². The Kier molecular flexibility index (Phi) is 3.41. The summed E-state index contributed by atoms with van der Waals surface area (Å²) in [6.45, 7) is 0. The molecule has 0 radical (unpaired) electrons. The van der Waals surface area contributed by atoms with Gasteiger partial charge in [-0.25, -0.2) is 13.4 Å². The van der Waals surface area contributed by atoms with Crippen LogP contribution in [0.15, 0.2) is 23.1 Å². The van der Waals surface area contributed by atoms with Crippen LogP contribution in [-0.2, 0) is 9.84 Å². The summed E-state index contributed by atoms with van der Waals surface area (Å²) in [6.07, 6.45) is 4.03. The number of aliphatic hydroxyl groups excluding tert-OH is 1. The van der Waals surface area contributed by atoms with Crippen LogP contribution in [0.1, 0.15) is 31.7 Å². The quantitative estimate of drug-likeness (QED) is 0.876. The molecular weight excluding hydrogens is 290 g/mol. The molecule has 7 heteroatoms. The minimum atomic E-state index is -3.34. The highest BCUT2D eigenvalue weighted by atomic mass is 32.2. The minimum Gasteiger partial charge on any atom is -0.393 e. The van der Waals surface area contributed by atoms with E-state index in [1.165, 1.54) is 6.26 Å². The lowest BCUT2D eigenvalue weighted by Gasteiger charge is -2.27. The summed E-state index contributed by atoms with van der Waals surface area (Å²) >= 11 is 0. The van der Waals surface area contributed by atoms with Crippen LogP contribution in [0.4, 0.5) is 5.95 Å². The van der Waals surface area contributed by atoms with E-state index in [9.17, 15) is 13.5 Å². The van der Waals surface area contributed by atoms with Gasteiger partial charge in [0.1, 0.15) is 5.52 Å². The van der Waals surface area contributed by atoms with Crippen LogP contribution in [-0.4, -0.2) is 35.4 Å². The first-order chi connectivity index (χ1) is 9.88. The molecule has 1 aliphatic rings. The number of rotatable bonds is 2. The second-order valence-corrected chi connectivity index (χ2v) is 7.68. The van der Waals surface area contributed by atoms with E-state index in [1.54, 1.807) is 12.1 Å². The molecule has 1 heterocycles. The third kappa shape index (κ3) is 2.51. The van der Waals surface area contributed by atoms with Gasteiger partial charge in [-0.15, -0.1) is 0 Å². The zero-order valence-electron chi connectivity index (χ0n) is 11.9. The largest absolute Gasteiger partial charge is 0.393 e. The molecule has 0 spiro atoms. The fourth-order valence-corrected chi connectivity index (χ4v) is 3.94. The van der Waals surface area contributed by atoms with Crippen molar-refractivity contribution < 1.29 is 13.5 Å². The molecule has 1 aromatic carbocycles. The van der Waals surface area contributed by atoms with Crippen molar-refractivity contribution in [3.63, 3.8) is 0 Å². The first-order valence-electron chi connectivity index (χ1n) is 7.02. The number of para-hydroxylation sites is 1.